The number of hydrogen-bond donors (Lipinski definition) is 1. The summed E-state index contributed by atoms with van der Waals surface area (Å²) in [6.45, 7) is 5.71. The summed E-state index contributed by atoms with van der Waals surface area (Å²) in [6.07, 6.45) is 1.24. The molecule has 0 spiro atoms. The van der Waals surface area contributed by atoms with Crippen molar-refractivity contribution in [3.05, 3.63) is 61.6 Å². The molecule has 2 rings (SSSR count). The molecule has 0 bridgehead atoms. The van der Waals surface area contributed by atoms with Crippen LogP contribution in [0.2, 0.25) is 10.0 Å². The highest BCUT2D eigenvalue weighted by atomic mass is 127. The molecule has 5 nitrogen and oxygen atoms in total. The number of carbonyl (C=O) groups is 2. The number of amides is 2. The molecule has 2 atom stereocenters. The van der Waals surface area contributed by atoms with Crippen molar-refractivity contribution >= 4 is 57.6 Å². The Labute approximate surface area is 207 Å². The van der Waals surface area contributed by atoms with Crippen LogP contribution in [-0.2, 0) is 16.1 Å². The maximum atomic E-state index is 13.2. The van der Waals surface area contributed by atoms with E-state index in [4.69, 9.17) is 27.9 Å². The Balaban J connectivity index is 2.27. The largest absolute Gasteiger partial charge is 0.484 e. The van der Waals surface area contributed by atoms with Crippen molar-refractivity contribution in [2.75, 3.05) is 6.61 Å². The fourth-order valence-corrected chi connectivity index (χ4v) is 3.85. The van der Waals surface area contributed by atoms with Crippen LogP contribution in [0.25, 0.3) is 0 Å². The van der Waals surface area contributed by atoms with E-state index in [1.807, 2.05) is 32.9 Å². The van der Waals surface area contributed by atoms with Gasteiger partial charge in [-0.05, 0) is 78.8 Å². The molecule has 0 aliphatic heterocycles. The van der Waals surface area contributed by atoms with E-state index in [1.54, 1.807) is 30.3 Å². The van der Waals surface area contributed by atoms with E-state index >= 15 is 0 Å². The molecule has 0 aliphatic carbocycles. The van der Waals surface area contributed by atoms with Gasteiger partial charge in [0.15, 0.2) is 6.61 Å². The van der Waals surface area contributed by atoms with Gasteiger partial charge in [-0.2, -0.15) is 0 Å². The quantitative estimate of drug-likeness (QED) is 0.369. The van der Waals surface area contributed by atoms with E-state index in [1.165, 1.54) is 4.90 Å². The number of nitrogens with one attached hydrogen (secondary N) is 1. The number of ether oxygens (including phenoxy) is 1. The molecule has 0 fully saturated rings. The second kappa shape index (κ2) is 12.5. The summed E-state index contributed by atoms with van der Waals surface area (Å²) in [4.78, 5) is 27.7. The third-order valence-corrected chi connectivity index (χ3v) is 6.38. The lowest BCUT2D eigenvalue weighted by molar-refractivity contribution is -0.143. The summed E-state index contributed by atoms with van der Waals surface area (Å²) in [7, 11) is 0. The van der Waals surface area contributed by atoms with Crippen LogP contribution in [0.15, 0.2) is 42.5 Å². The van der Waals surface area contributed by atoms with Gasteiger partial charge in [0.1, 0.15) is 11.8 Å². The smallest absolute Gasteiger partial charge is 0.261 e. The van der Waals surface area contributed by atoms with E-state index in [9.17, 15) is 9.59 Å². The first-order valence-electron chi connectivity index (χ1n) is 10.2. The van der Waals surface area contributed by atoms with Gasteiger partial charge in [-0.1, -0.05) is 43.1 Å². The topological polar surface area (TPSA) is 58.6 Å². The Morgan fingerprint density at radius 1 is 1.06 bits per heavy atom. The first-order valence-corrected chi connectivity index (χ1v) is 12.0. The van der Waals surface area contributed by atoms with Crippen LogP contribution in [0.3, 0.4) is 0 Å². The van der Waals surface area contributed by atoms with Crippen LogP contribution in [0.5, 0.6) is 5.75 Å². The first-order chi connectivity index (χ1) is 14.8. The summed E-state index contributed by atoms with van der Waals surface area (Å²) >= 11 is 14.9. The van der Waals surface area contributed by atoms with Crippen LogP contribution in [0.4, 0.5) is 0 Å². The molecular weight excluding hydrogens is 550 g/mol. The van der Waals surface area contributed by atoms with Gasteiger partial charge in [0.25, 0.3) is 5.91 Å². The number of carbonyl (C=O) groups excluding carboxylic acids is 2. The van der Waals surface area contributed by atoms with Gasteiger partial charge in [-0.3, -0.25) is 9.59 Å². The van der Waals surface area contributed by atoms with Gasteiger partial charge in [0.05, 0.1) is 0 Å². The fraction of sp³-hybridized carbons (Fsp3) is 0.391. The van der Waals surface area contributed by atoms with Crippen LogP contribution in [0, 0.1) is 3.57 Å². The molecule has 0 aromatic heterocycles. The van der Waals surface area contributed by atoms with Crippen LogP contribution >= 0.6 is 45.8 Å². The van der Waals surface area contributed by atoms with E-state index in [0.29, 0.717) is 27.8 Å². The lowest BCUT2D eigenvalue weighted by Gasteiger charge is -2.31. The Morgan fingerprint density at radius 3 is 2.23 bits per heavy atom. The molecule has 1 N–H and O–H groups in total. The van der Waals surface area contributed by atoms with Crippen LogP contribution in [0.1, 0.15) is 39.2 Å². The number of hydrogen-bond acceptors (Lipinski definition) is 3. The number of nitrogens with zero attached hydrogens (tertiary/aromatic N) is 1. The molecule has 31 heavy (non-hydrogen) atoms. The van der Waals surface area contributed by atoms with Gasteiger partial charge < -0.3 is 15.0 Å². The van der Waals surface area contributed by atoms with E-state index in [2.05, 4.69) is 27.9 Å². The molecule has 2 aromatic carbocycles. The van der Waals surface area contributed by atoms with Crippen molar-refractivity contribution in [1.82, 2.24) is 10.2 Å². The molecule has 0 aliphatic rings. The van der Waals surface area contributed by atoms with Gasteiger partial charge in [0.2, 0.25) is 5.91 Å². The lowest BCUT2D eigenvalue weighted by Crippen LogP contribution is -2.51. The van der Waals surface area contributed by atoms with Gasteiger partial charge in [0, 0.05) is 31.8 Å². The van der Waals surface area contributed by atoms with Crippen molar-refractivity contribution < 1.29 is 14.3 Å². The minimum Gasteiger partial charge on any atom is -0.484 e. The van der Waals surface area contributed by atoms with Gasteiger partial charge >= 0.3 is 0 Å². The number of rotatable bonds is 10. The maximum absolute atomic E-state index is 13.2. The molecule has 2 unspecified atom stereocenters. The standard InChI is InChI=1S/C23H27Cl2IN2O3/c1-4-15(3)27-23(30)21(5-2)28(13-18-19(24)7-6-8-20(18)25)22(29)14-31-17-11-9-16(26)10-12-17/h6-12,15,21H,4-5,13-14H2,1-3H3,(H,27,30). The average molecular weight is 577 g/mol. The Morgan fingerprint density at radius 2 is 1.68 bits per heavy atom. The minimum atomic E-state index is -0.672. The molecule has 8 heteroatoms. The van der Waals surface area contributed by atoms with Gasteiger partial charge in [-0.25, -0.2) is 0 Å². The lowest BCUT2D eigenvalue weighted by atomic mass is 10.1. The highest BCUT2D eigenvalue weighted by Gasteiger charge is 2.30. The Kier molecular flexibility index (Phi) is 10.4. The second-order valence-electron chi connectivity index (χ2n) is 7.21. The van der Waals surface area contributed by atoms with Crippen LogP contribution in [-0.4, -0.2) is 35.4 Å². The normalized spacial score (nSPS) is 12.7. The zero-order valence-corrected chi connectivity index (χ0v) is 21.5. The monoisotopic (exact) mass is 576 g/mol. The molecule has 0 saturated heterocycles. The SMILES string of the molecule is CCC(C)NC(=O)C(CC)N(Cc1c(Cl)cccc1Cl)C(=O)COc1ccc(I)cc1. The molecule has 168 valence electrons. The summed E-state index contributed by atoms with van der Waals surface area (Å²) in [5.41, 5.74) is 0.600. The molecule has 0 radical (unpaired) electrons. The third kappa shape index (κ3) is 7.54. The molecular formula is C23H27Cl2IN2O3. The summed E-state index contributed by atoms with van der Waals surface area (Å²) in [6, 6.07) is 11.9. The first kappa shape index (κ1) is 25.7. The van der Waals surface area contributed by atoms with Gasteiger partial charge in [-0.15, -0.1) is 0 Å². The predicted octanol–water partition coefficient (Wildman–Crippen LogP) is 5.70. The fourth-order valence-electron chi connectivity index (χ4n) is 2.97. The predicted molar refractivity (Wildman–Crippen MR) is 134 cm³/mol. The van der Waals surface area contributed by atoms with Crippen molar-refractivity contribution in [3.63, 3.8) is 0 Å². The van der Waals surface area contributed by atoms with E-state index < -0.39 is 6.04 Å². The van der Waals surface area contributed by atoms with Crippen molar-refractivity contribution in [3.8, 4) is 5.75 Å². The van der Waals surface area contributed by atoms with E-state index in [0.717, 1.165) is 9.99 Å². The zero-order chi connectivity index (χ0) is 23.0. The summed E-state index contributed by atoms with van der Waals surface area (Å²) in [5.74, 6) is 0.0601. The Hall–Kier alpha value is -1.51. The van der Waals surface area contributed by atoms with Crippen molar-refractivity contribution in [2.24, 2.45) is 0 Å². The second-order valence-corrected chi connectivity index (χ2v) is 9.27. The average Bonchev–Trinajstić information content (AvgIpc) is 2.74. The van der Waals surface area contributed by atoms with Crippen molar-refractivity contribution in [1.29, 1.82) is 0 Å². The minimum absolute atomic E-state index is 0.00504. The summed E-state index contributed by atoms with van der Waals surface area (Å²) in [5, 5.41) is 3.86. The maximum Gasteiger partial charge on any atom is 0.261 e. The molecule has 0 heterocycles. The third-order valence-electron chi connectivity index (χ3n) is 4.95. The number of halogens is 3. The highest BCUT2D eigenvalue weighted by molar-refractivity contribution is 14.1. The summed E-state index contributed by atoms with van der Waals surface area (Å²) < 4.78 is 6.75. The Bertz CT molecular complexity index is 873. The van der Waals surface area contributed by atoms with Crippen molar-refractivity contribution in [2.45, 2.75) is 52.2 Å². The zero-order valence-electron chi connectivity index (χ0n) is 17.8. The van der Waals surface area contributed by atoms with Crippen LogP contribution < -0.4 is 10.1 Å². The molecule has 2 aromatic rings. The highest BCUT2D eigenvalue weighted by Crippen LogP contribution is 2.27. The van der Waals surface area contributed by atoms with E-state index in [-0.39, 0.29) is 31.0 Å². The molecule has 0 saturated carbocycles. The molecule has 2 amide bonds. The number of benzene rings is 2.